The first kappa shape index (κ1) is 15.7. The van der Waals surface area contributed by atoms with Gasteiger partial charge in [-0.2, -0.15) is 0 Å². The highest BCUT2D eigenvalue weighted by atomic mass is 79.9. The number of rotatable bonds is 5. The van der Waals surface area contributed by atoms with Crippen molar-refractivity contribution in [3.63, 3.8) is 0 Å². The van der Waals surface area contributed by atoms with E-state index < -0.39 is 0 Å². The largest absolute Gasteiger partial charge is 0.310 e. The fraction of sp³-hybridized carbons (Fsp3) is 0.438. The van der Waals surface area contributed by atoms with Crippen LogP contribution in [0.2, 0.25) is 0 Å². The van der Waals surface area contributed by atoms with Crippen molar-refractivity contribution in [2.45, 2.75) is 40.2 Å². The van der Waals surface area contributed by atoms with Crippen LogP contribution < -0.4 is 5.32 Å². The maximum absolute atomic E-state index is 4.67. The van der Waals surface area contributed by atoms with Crippen molar-refractivity contribution in [3.8, 4) is 0 Å². The van der Waals surface area contributed by atoms with E-state index in [1.807, 2.05) is 0 Å². The number of thiazole rings is 1. The number of halogens is 1. The highest BCUT2D eigenvalue weighted by Crippen LogP contribution is 2.29. The molecule has 1 aromatic carbocycles. The van der Waals surface area contributed by atoms with Crippen LogP contribution in [-0.2, 0) is 6.42 Å². The van der Waals surface area contributed by atoms with Crippen molar-refractivity contribution < 1.29 is 0 Å². The van der Waals surface area contributed by atoms with E-state index in [9.17, 15) is 0 Å². The summed E-state index contributed by atoms with van der Waals surface area (Å²) in [5.41, 5.74) is 3.76. The highest BCUT2D eigenvalue weighted by molar-refractivity contribution is 9.10. The molecule has 20 heavy (non-hydrogen) atoms. The SMILES string of the molecule is CCNC(Cc1nc(C)c(C)s1)c1cc(C)ccc1Br. The van der Waals surface area contributed by atoms with Gasteiger partial charge in [-0.3, -0.25) is 0 Å². The van der Waals surface area contributed by atoms with E-state index in [0.717, 1.165) is 18.7 Å². The second-order valence-electron chi connectivity index (χ2n) is 5.09. The molecule has 0 saturated heterocycles. The second-order valence-corrected chi connectivity index (χ2v) is 7.23. The first-order valence-corrected chi connectivity index (χ1v) is 8.54. The molecule has 0 spiro atoms. The van der Waals surface area contributed by atoms with Crippen molar-refractivity contribution in [1.82, 2.24) is 10.3 Å². The molecule has 1 heterocycles. The van der Waals surface area contributed by atoms with Gasteiger partial charge in [0.05, 0.1) is 10.7 Å². The molecule has 2 aromatic rings. The minimum atomic E-state index is 0.305. The Morgan fingerprint density at radius 3 is 2.65 bits per heavy atom. The minimum Gasteiger partial charge on any atom is -0.310 e. The van der Waals surface area contributed by atoms with Crippen LogP contribution in [0.5, 0.6) is 0 Å². The Balaban J connectivity index is 2.28. The number of aromatic nitrogens is 1. The molecule has 2 rings (SSSR count). The van der Waals surface area contributed by atoms with Gasteiger partial charge in [0, 0.05) is 21.8 Å². The number of aryl methyl sites for hydroxylation is 3. The van der Waals surface area contributed by atoms with Gasteiger partial charge in [0.25, 0.3) is 0 Å². The van der Waals surface area contributed by atoms with Crippen molar-refractivity contribution in [3.05, 3.63) is 49.4 Å². The lowest BCUT2D eigenvalue weighted by Gasteiger charge is -2.19. The molecule has 0 aliphatic heterocycles. The van der Waals surface area contributed by atoms with E-state index in [1.54, 1.807) is 11.3 Å². The summed E-state index contributed by atoms with van der Waals surface area (Å²) in [5.74, 6) is 0. The first-order chi connectivity index (χ1) is 9.51. The summed E-state index contributed by atoms with van der Waals surface area (Å²) in [6.07, 6.45) is 0.940. The van der Waals surface area contributed by atoms with Gasteiger partial charge in [-0.25, -0.2) is 4.98 Å². The van der Waals surface area contributed by atoms with Gasteiger partial charge in [0.1, 0.15) is 0 Å². The highest BCUT2D eigenvalue weighted by Gasteiger charge is 2.17. The van der Waals surface area contributed by atoms with Gasteiger partial charge in [0.15, 0.2) is 0 Å². The Kier molecular flexibility index (Phi) is 5.35. The summed E-state index contributed by atoms with van der Waals surface area (Å²) >= 11 is 5.48. The van der Waals surface area contributed by atoms with E-state index in [0.29, 0.717) is 6.04 Å². The van der Waals surface area contributed by atoms with Gasteiger partial charge in [-0.05, 0) is 38.9 Å². The van der Waals surface area contributed by atoms with Crippen LogP contribution in [0.3, 0.4) is 0 Å². The predicted molar refractivity (Wildman–Crippen MR) is 90.6 cm³/mol. The van der Waals surface area contributed by atoms with E-state index in [2.05, 4.69) is 72.1 Å². The fourth-order valence-corrected chi connectivity index (χ4v) is 3.77. The van der Waals surface area contributed by atoms with E-state index in [1.165, 1.54) is 25.5 Å². The number of nitrogens with one attached hydrogen (secondary N) is 1. The smallest absolute Gasteiger partial charge is 0.0949 e. The van der Waals surface area contributed by atoms with Gasteiger partial charge in [-0.1, -0.05) is 40.5 Å². The van der Waals surface area contributed by atoms with Crippen LogP contribution in [0.25, 0.3) is 0 Å². The lowest BCUT2D eigenvalue weighted by atomic mass is 10.0. The average molecular weight is 353 g/mol. The predicted octanol–water partition coefficient (Wildman–Crippen LogP) is 4.72. The molecule has 0 aliphatic carbocycles. The van der Waals surface area contributed by atoms with Crippen LogP contribution in [-0.4, -0.2) is 11.5 Å². The second kappa shape index (κ2) is 6.83. The average Bonchev–Trinajstić information content (AvgIpc) is 2.71. The Labute approximate surface area is 133 Å². The molecule has 0 aliphatic rings. The van der Waals surface area contributed by atoms with Crippen LogP contribution >= 0.6 is 27.3 Å². The Bertz CT molecular complexity index is 573. The quantitative estimate of drug-likeness (QED) is 0.841. The third-order valence-corrected chi connectivity index (χ3v) is 5.25. The molecule has 1 unspecified atom stereocenters. The third kappa shape index (κ3) is 3.68. The lowest BCUT2D eigenvalue weighted by Crippen LogP contribution is -2.23. The molecule has 0 fully saturated rings. The number of nitrogens with zero attached hydrogens (tertiary/aromatic N) is 1. The number of hydrogen-bond donors (Lipinski definition) is 1. The molecule has 1 atom stereocenters. The van der Waals surface area contributed by atoms with Crippen molar-refractivity contribution in [1.29, 1.82) is 0 Å². The van der Waals surface area contributed by atoms with Gasteiger partial charge >= 0.3 is 0 Å². The summed E-state index contributed by atoms with van der Waals surface area (Å²) in [5, 5.41) is 4.79. The molecule has 0 amide bonds. The maximum Gasteiger partial charge on any atom is 0.0949 e. The zero-order chi connectivity index (χ0) is 14.7. The number of likely N-dealkylation sites (N-methyl/N-ethyl adjacent to an activating group) is 1. The van der Waals surface area contributed by atoms with Gasteiger partial charge in [0.2, 0.25) is 0 Å². The molecular formula is C16H21BrN2S. The molecule has 0 saturated carbocycles. The van der Waals surface area contributed by atoms with E-state index in [4.69, 9.17) is 0 Å². The molecule has 108 valence electrons. The summed E-state index contributed by atoms with van der Waals surface area (Å²) in [6.45, 7) is 9.46. The van der Waals surface area contributed by atoms with Gasteiger partial charge < -0.3 is 5.32 Å². The lowest BCUT2D eigenvalue weighted by molar-refractivity contribution is 0.546. The molecule has 2 nitrogen and oxygen atoms in total. The van der Waals surface area contributed by atoms with Crippen LogP contribution in [0.4, 0.5) is 0 Å². The summed E-state index contributed by atoms with van der Waals surface area (Å²) < 4.78 is 1.17. The molecule has 4 heteroatoms. The molecule has 1 N–H and O–H groups in total. The Morgan fingerprint density at radius 2 is 2.05 bits per heavy atom. The zero-order valence-corrected chi connectivity index (χ0v) is 14.9. The van der Waals surface area contributed by atoms with Gasteiger partial charge in [-0.15, -0.1) is 11.3 Å². The number of hydrogen-bond acceptors (Lipinski definition) is 3. The fourth-order valence-electron chi connectivity index (χ4n) is 2.27. The molecule has 0 radical (unpaired) electrons. The topological polar surface area (TPSA) is 24.9 Å². The summed E-state index contributed by atoms with van der Waals surface area (Å²) in [7, 11) is 0. The summed E-state index contributed by atoms with van der Waals surface area (Å²) in [4.78, 5) is 5.99. The van der Waals surface area contributed by atoms with Crippen molar-refractivity contribution >= 4 is 27.3 Å². The van der Waals surface area contributed by atoms with E-state index in [-0.39, 0.29) is 0 Å². The molecular weight excluding hydrogens is 332 g/mol. The summed E-state index contributed by atoms with van der Waals surface area (Å²) in [6, 6.07) is 6.83. The van der Waals surface area contributed by atoms with Crippen LogP contribution in [0, 0.1) is 20.8 Å². The van der Waals surface area contributed by atoms with Crippen molar-refractivity contribution in [2.75, 3.05) is 6.54 Å². The molecule has 1 aromatic heterocycles. The Morgan fingerprint density at radius 1 is 1.30 bits per heavy atom. The zero-order valence-electron chi connectivity index (χ0n) is 12.5. The van der Waals surface area contributed by atoms with E-state index >= 15 is 0 Å². The third-order valence-electron chi connectivity index (χ3n) is 3.43. The first-order valence-electron chi connectivity index (χ1n) is 6.93. The normalized spacial score (nSPS) is 12.7. The number of benzene rings is 1. The standard InChI is InChI=1S/C16H21BrN2S/c1-5-18-15(9-16-19-11(3)12(4)20-16)13-8-10(2)6-7-14(13)17/h6-8,15,18H,5,9H2,1-4H3. The minimum absolute atomic E-state index is 0.305. The van der Waals surface area contributed by atoms with Crippen LogP contribution in [0.15, 0.2) is 22.7 Å². The Hall–Kier alpha value is -0.710. The van der Waals surface area contributed by atoms with Crippen molar-refractivity contribution in [2.24, 2.45) is 0 Å². The maximum atomic E-state index is 4.67. The monoisotopic (exact) mass is 352 g/mol. The van der Waals surface area contributed by atoms with Crippen LogP contribution in [0.1, 0.15) is 39.7 Å². The molecule has 0 bridgehead atoms.